The molecule has 340 valence electrons. The number of hydrogen-bond donors (Lipinski definition) is 2. The zero-order valence-electron chi connectivity index (χ0n) is 37.7. The van der Waals surface area contributed by atoms with Gasteiger partial charge in [-0.05, 0) is 52.1 Å². The smallest absolute Gasteiger partial charge is 0.414 e. The van der Waals surface area contributed by atoms with Gasteiger partial charge >= 0.3 is 6.09 Å². The molecule has 68 heavy (non-hydrogen) atoms. The fourth-order valence-electron chi connectivity index (χ4n) is 7.97. The monoisotopic (exact) mass is 936 g/mol. The molecule has 0 bridgehead atoms. The Kier molecular flexibility index (Phi) is 18.3. The van der Waals surface area contributed by atoms with Gasteiger partial charge in [-0.15, -0.1) is 0 Å². The first-order valence-electron chi connectivity index (χ1n) is 22.3. The molecule has 0 atom stereocenters. The summed E-state index contributed by atoms with van der Waals surface area (Å²) in [5, 5.41) is 4.10. The van der Waals surface area contributed by atoms with E-state index in [9.17, 15) is 4.79 Å². The van der Waals surface area contributed by atoms with E-state index in [-0.39, 0.29) is 6.61 Å². The number of imidazole rings is 2. The number of nitrogens with one attached hydrogen (secondary N) is 1. The van der Waals surface area contributed by atoms with E-state index in [1.165, 1.54) is 22.3 Å². The quantitative estimate of drug-likeness (QED) is 0.0876. The van der Waals surface area contributed by atoms with E-state index in [1.54, 1.807) is 0 Å². The van der Waals surface area contributed by atoms with Crippen LogP contribution in [0.15, 0.2) is 188 Å². The van der Waals surface area contributed by atoms with Crippen molar-refractivity contribution in [1.82, 2.24) is 28.9 Å². The second-order valence-electron chi connectivity index (χ2n) is 16.0. The van der Waals surface area contributed by atoms with Crippen LogP contribution in [0.5, 0.6) is 0 Å². The van der Waals surface area contributed by atoms with Crippen LogP contribution in [0.4, 0.5) is 16.7 Å². The molecule has 0 fully saturated rings. The van der Waals surface area contributed by atoms with Crippen LogP contribution in [0.2, 0.25) is 10.0 Å². The van der Waals surface area contributed by atoms with Crippen LogP contribution in [0, 0.1) is 0 Å². The molecule has 9 aromatic rings. The van der Waals surface area contributed by atoms with E-state index < -0.39 is 6.09 Å². The molecule has 7 aromatic carbocycles. The molecule has 1 amide bonds. The minimum atomic E-state index is -0.563. The standard InChI is InChI=1S/C31H29ClN4O2.C23H23ClN4.B2/c32-27-17-10-18-28-29(27)36(30(33-28)34-31(37)38-23-26-15-8-3-9-16-26)20-19-35(21-24-11-4-1-5-12-24)22-25-13-6-2-7-14-25;24-20-12-7-13-21-22(20)28(23(25)26-21)15-14-27(16-18-8-3-1-4-9-18)17-19-10-5-2-6-11-19;1-2/h1-18H,19-23H2,(H,33,34,37);1-13H,14-17H2,(H2,25,26);. The summed E-state index contributed by atoms with van der Waals surface area (Å²) in [6.45, 7) is 6.36. The Morgan fingerprint density at radius 3 is 1.31 bits per heavy atom. The lowest BCUT2D eigenvalue weighted by atomic mass is 9.81. The lowest BCUT2D eigenvalue weighted by Gasteiger charge is -2.23. The summed E-state index contributed by atoms with van der Waals surface area (Å²) >= 11 is 13.0. The highest BCUT2D eigenvalue weighted by molar-refractivity contribution is 6.75. The van der Waals surface area contributed by atoms with Crippen LogP contribution in [-0.2, 0) is 50.6 Å². The number of rotatable bonds is 17. The highest BCUT2D eigenvalue weighted by Crippen LogP contribution is 2.28. The number of anilines is 2. The lowest BCUT2D eigenvalue weighted by Crippen LogP contribution is -2.27. The highest BCUT2D eigenvalue weighted by atomic mass is 35.5. The van der Waals surface area contributed by atoms with Crippen LogP contribution >= 0.6 is 23.2 Å². The number of fused-ring (bicyclic) bond motifs is 2. The summed E-state index contributed by atoms with van der Waals surface area (Å²) in [5.41, 5.74) is 15.4. The Hall–Kier alpha value is -6.82. The number of para-hydroxylation sites is 2. The van der Waals surface area contributed by atoms with Gasteiger partial charge in [0, 0.05) is 67.8 Å². The maximum atomic E-state index is 12.7. The van der Waals surface area contributed by atoms with Gasteiger partial charge in [0.25, 0.3) is 0 Å². The number of halogens is 2. The second-order valence-corrected chi connectivity index (χ2v) is 16.8. The van der Waals surface area contributed by atoms with Gasteiger partial charge in [-0.2, -0.15) is 0 Å². The first-order valence-corrected chi connectivity index (χ1v) is 23.1. The molecule has 4 radical (unpaired) electrons. The van der Waals surface area contributed by atoms with E-state index >= 15 is 0 Å². The van der Waals surface area contributed by atoms with E-state index in [0.717, 1.165) is 61.4 Å². The van der Waals surface area contributed by atoms with Crippen LogP contribution in [0.25, 0.3) is 22.1 Å². The third-order valence-corrected chi connectivity index (χ3v) is 11.8. The molecule has 0 spiro atoms. The minimum Gasteiger partial charge on any atom is -0.444 e. The van der Waals surface area contributed by atoms with Crippen molar-refractivity contribution in [2.24, 2.45) is 0 Å². The Balaban J connectivity index is 0.000000203. The SMILES string of the molecule is Nc1nc2cccc(Cl)c2n1CCN(Cc1ccccc1)Cc1ccccc1.O=C(Nc1nc2cccc(Cl)c2n1CCN(Cc1ccccc1)Cc1ccccc1)OCc1ccccc1.[B][B]. The van der Waals surface area contributed by atoms with E-state index in [4.69, 9.17) is 33.7 Å². The number of carbonyl (C=O) groups is 1. The average Bonchev–Trinajstić information content (AvgIpc) is 3.90. The van der Waals surface area contributed by atoms with Crippen molar-refractivity contribution in [3.05, 3.63) is 226 Å². The first kappa shape index (κ1) is 49.1. The molecule has 2 heterocycles. The van der Waals surface area contributed by atoms with Gasteiger partial charge in [0.05, 0.1) is 32.1 Å². The molecular weight excluding hydrogens is 885 g/mol. The summed E-state index contributed by atoms with van der Waals surface area (Å²) in [5.74, 6) is 0.910. The number of aromatic nitrogens is 4. The third kappa shape index (κ3) is 13.9. The minimum absolute atomic E-state index is 0.176. The fourth-order valence-corrected chi connectivity index (χ4v) is 8.51. The summed E-state index contributed by atoms with van der Waals surface area (Å²) < 4.78 is 9.43. The number of nitrogen functional groups attached to an aromatic ring is 1. The average molecular weight is 938 g/mol. The largest absolute Gasteiger partial charge is 0.444 e. The number of benzene rings is 7. The molecule has 0 aliphatic rings. The maximum absolute atomic E-state index is 12.7. The molecule has 0 saturated heterocycles. The van der Waals surface area contributed by atoms with Gasteiger partial charge in [0.2, 0.25) is 11.9 Å². The van der Waals surface area contributed by atoms with Crippen LogP contribution < -0.4 is 11.1 Å². The first-order chi connectivity index (χ1) is 33.4. The zero-order valence-corrected chi connectivity index (χ0v) is 39.3. The van der Waals surface area contributed by atoms with Gasteiger partial charge < -0.3 is 19.6 Å². The Morgan fingerprint density at radius 2 is 0.882 bits per heavy atom. The Morgan fingerprint density at radius 1 is 0.515 bits per heavy atom. The van der Waals surface area contributed by atoms with Gasteiger partial charge in [-0.1, -0.05) is 187 Å². The summed E-state index contributed by atoms with van der Waals surface area (Å²) in [4.78, 5) is 26.6. The number of amides is 1. The maximum Gasteiger partial charge on any atom is 0.414 e. The van der Waals surface area contributed by atoms with Crippen molar-refractivity contribution >= 4 is 78.7 Å². The Bertz CT molecular complexity index is 2850. The van der Waals surface area contributed by atoms with E-state index in [0.29, 0.717) is 40.5 Å². The van der Waals surface area contributed by atoms with Crippen LogP contribution in [0.1, 0.15) is 27.8 Å². The molecule has 0 aliphatic heterocycles. The van der Waals surface area contributed by atoms with E-state index in [2.05, 4.69) is 138 Å². The number of nitrogens with two attached hydrogens (primary N) is 1. The summed E-state index contributed by atoms with van der Waals surface area (Å²) in [6, 6.07) is 62.8. The van der Waals surface area contributed by atoms with Gasteiger partial charge in [-0.25, -0.2) is 14.8 Å². The summed E-state index contributed by atoms with van der Waals surface area (Å²) in [7, 11) is 8.00. The van der Waals surface area contributed by atoms with Crippen molar-refractivity contribution in [3.8, 4) is 0 Å². The zero-order chi connectivity index (χ0) is 47.5. The Labute approximate surface area is 411 Å². The van der Waals surface area contributed by atoms with Crippen molar-refractivity contribution < 1.29 is 9.53 Å². The highest BCUT2D eigenvalue weighted by Gasteiger charge is 2.19. The molecular formula is C54H52B2Cl2N8O2. The van der Waals surface area contributed by atoms with E-state index in [1.807, 2.05) is 100 Å². The number of ether oxygens (including phenoxy) is 1. The number of nitrogens with zero attached hydrogens (tertiary/aromatic N) is 6. The summed E-state index contributed by atoms with van der Waals surface area (Å²) in [6.07, 6.45) is -0.563. The predicted molar refractivity (Wildman–Crippen MR) is 280 cm³/mol. The van der Waals surface area contributed by atoms with Crippen molar-refractivity contribution in [3.63, 3.8) is 0 Å². The molecule has 9 rings (SSSR count). The van der Waals surface area contributed by atoms with Crippen molar-refractivity contribution in [2.45, 2.75) is 45.9 Å². The third-order valence-electron chi connectivity index (χ3n) is 11.2. The fraction of sp³-hybridized carbons (Fsp3) is 0.167. The number of carbonyl (C=O) groups excluding carboxylic acids is 1. The molecule has 14 heteroatoms. The molecule has 0 unspecified atom stereocenters. The van der Waals surface area contributed by atoms with Crippen molar-refractivity contribution in [1.29, 1.82) is 0 Å². The normalized spacial score (nSPS) is 10.9. The van der Waals surface area contributed by atoms with Crippen LogP contribution in [-0.4, -0.2) is 63.6 Å². The van der Waals surface area contributed by atoms with Gasteiger partial charge in [0.1, 0.15) is 6.61 Å². The molecule has 10 nitrogen and oxygen atoms in total. The topological polar surface area (TPSA) is 106 Å². The lowest BCUT2D eigenvalue weighted by molar-refractivity contribution is 0.154. The molecule has 0 saturated carbocycles. The van der Waals surface area contributed by atoms with Crippen molar-refractivity contribution in [2.75, 3.05) is 24.1 Å². The molecule has 3 N–H and O–H groups in total. The van der Waals surface area contributed by atoms with Gasteiger partial charge in [-0.3, -0.25) is 15.1 Å². The predicted octanol–water partition coefficient (Wildman–Crippen LogP) is 11.4. The number of hydrogen-bond acceptors (Lipinski definition) is 7. The van der Waals surface area contributed by atoms with Gasteiger partial charge in [0.15, 0.2) is 0 Å². The molecule has 0 aliphatic carbocycles. The molecule has 2 aromatic heterocycles. The second kappa shape index (κ2) is 25.4. The van der Waals surface area contributed by atoms with Crippen LogP contribution in [0.3, 0.4) is 0 Å².